The average molecular weight is 245 g/mol. The highest BCUT2D eigenvalue weighted by atomic mass is 16.5. The van der Waals surface area contributed by atoms with E-state index in [1.165, 1.54) is 0 Å². The first kappa shape index (κ1) is 12.3. The molecule has 0 aliphatic rings. The van der Waals surface area contributed by atoms with Crippen molar-refractivity contribution in [3.05, 3.63) is 41.7 Å². The van der Waals surface area contributed by atoms with Crippen LogP contribution in [0.4, 0.5) is 0 Å². The SMILES string of the molecule is Cc1onc(-c2ccccc2)c1C(N)CC(N)=O. The van der Waals surface area contributed by atoms with Gasteiger partial charge in [-0.05, 0) is 6.92 Å². The minimum Gasteiger partial charge on any atom is -0.370 e. The number of rotatable bonds is 4. The van der Waals surface area contributed by atoms with Crippen LogP contribution >= 0.6 is 0 Å². The summed E-state index contributed by atoms with van der Waals surface area (Å²) in [4.78, 5) is 11.0. The molecule has 0 aliphatic carbocycles. The Bertz CT molecular complexity index is 549. The number of primary amides is 1. The lowest BCUT2D eigenvalue weighted by Gasteiger charge is -2.10. The molecule has 18 heavy (non-hydrogen) atoms. The molecule has 0 saturated heterocycles. The number of amides is 1. The van der Waals surface area contributed by atoms with Crippen molar-refractivity contribution in [2.24, 2.45) is 11.5 Å². The van der Waals surface area contributed by atoms with Gasteiger partial charge < -0.3 is 16.0 Å². The Balaban J connectivity index is 2.42. The highest BCUT2D eigenvalue weighted by Crippen LogP contribution is 2.30. The first-order valence-corrected chi connectivity index (χ1v) is 5.65. The second-order valence-electron chi connectivity index (χ2n) is 4.14. The Morgan fingerprint density at radius 3 is 2.67 bits per heavy atom. The lowest BCUT2D eigenvalue weighted by molar-refractivity contribution is -0.118. The van der Waals surface area contributed by atoms with Crippen LogP contribution in [0.3, 0.4) is 0 Å². The van der Waals surface area contributed by atoms with Crippen LogP contribution in [-0.4, -0.2) is 11.1 Å². The summed E-state index contributed by atoms with van der Waals surface area (Å²) in [6, 6.07) is 9.06. The molecule has 2 aromatic rings. The van der Waals surface area contributed by atoms with E-state index in [1.807, 2.05) is 30.3 Å². The summed E-state index contributed by atoms with van der Waals surface area (Å²) < 4.78 is 5.17. The van der Waals surface area contributed by atoms with Crippen LogP contribution in [0.1, 0.15) is 23.8 Å². The smallest absolute Gasteiger partial charge is 0.219 e. The number of carbonyl (C=O) groups is 1. The molecule has 1 heterocycles. The second-order valence-corrected chi connectivity index (χ2v) is 4.14. The van der Waals surface area contributed by atoms with Crippen LogP contribution < -0.4 is 11.5 Å². The quantitative estimate of drug-likeness (QED) is 0.853. The van der Waals surface area contributed by atoms with Gasteiger partial charge in [0, 0.05) is 23.6 Å². The summed E-state index contributed by atoms with van der Waals surface area (Å²) in [6.07, 6.45) is 0.0713. The van der Waals surface area contributed by atoms with Crippen LogP contribution in [0.2, 0.25) is 0 Å². The van der Waals surface area contributed by atoms with Crippen molar-refractivity contribution < 1.29 is 9.32 Å². The van der Waals surface area contributed by atoms with E-state index in [9.17, 15) is 4.79 Å². The molecule has 2 rings (SSSR count). The summed E-state index contributed by atoms with van der Waals surface area (Å²) in [5, 5.41) is 4.01. The molecule has 0 saturated carbocycles. The lowest BCUT2D eigenvalue weighted by Crippen LogP contribution is -2.21. The average Bonchev–Trinajstić information content (AvgIpc) is 2.71. The Kier molecular flexibility index (Phi) is 3.43. The van der Waals surface area contributed by atoms with E-state index >= 15 is 0 Å². The maximum Gasteiger partial charge on any atom is 0.219 e. The van der Waals surface area contributed by atoms with Crippen molar-refractivity contribution in [2.75, 3.05) is 0 Å². The van der Waals surface area contributed by atoms with E-state index in [0.29, 0.717) is 11.5 Å². The zero-order valence-electron chi connectivity index (χ0n) is 10.1. The topological polar surface area (TPSA) is 95.1 Å². The zero-order valence-corrected chi connectivity index (χ0v) is 10.1. The molecule has 0 radical (unpaired) electrons. The fraction of sp³-hybridized carbons (Fsp3) is 0.231. The zero-order chi connectivity index (χ0) is 13.1. The third kappa shape index (κ3) is 2.41. The van der Waals surface area contributed by atoms with Crippen molar-refractivity contribution in [1.82, 2.24) is 5.16 Å². The van der Waals surface area contributed by atoms with Crippen molar-refractivity contribution >= 4 is 5.91 Å². The molecular weight excluding hydrogens is 230 g/mol. The first-order valence-electron chi connectivity index (χ1n) is 5.65. The van der Waals surface area contributed by atoms with Crippen LogP contribution in [0, 0.1) is 6.92 Å². The van der Waals surface area contributed by atoms with E-state index in [0.717, 1.165) is 11.1 Å². The van der Waals surface area contributed by atoms with Crippen LogP contribution in [-0.2, 0) is 4.79 Å². The molecule has 94 valence electrons. The van der Waals surface area contributed by atoms with Gasteiger partial charge in [-0.3, -0.25) is 4.79 Å². The summed E-state index contributed by atoms with van der Waals surface area (Å²) in [6.45, 7) is 1.77. The van der Waals surface area contributed by atoms with Crippen molar-refractivity contribution in [1.29, 1.82) is 0 Å². The number of carbonyl (C=O) groups excluding carboxylic acids is 1. The third-order valence-corrected chi connectivity index (χ3v) is 2.75. The number of nitrogens with zero attached hydrogens (tertiary/aromatic N) is 1. The highest BCUT2D eigenvalue weighted by molar-refractivity contribution is 5.75. The first-order chi connectivity index (χ1) is 8.59. The summed E-state index contributed by atoms with van der Waals surface area (Å²) in [5.41, 5.74) is 13.5. The standard InChI is InChI=1S/C13H15N3O2/c1-8-12(10(14)7-11(15)17)13(16-18-8)9-5-3-2-4-6-9/h2-6,10H,7,14H2,1H3,(H2,15,17). The molecule has 1 amide bonds. The summed E-state index contributed by atoms with van der Waals surface area (Å²) in [5.74, 6) is 0.171. The Labute approximate surface area is 105 Å². The van der Waals surface area contributed by atoms with Gasteiger partial charge in [0.2, 0.25) is 5.91 Å². The molecule has 0 aliphatic heterocycles. The molecule has 1 aromatic heterocycles. The predicted molar refractivity (Wildman–Crippen MR) is 67.4 cm³/mol. The molecular formula is C13H15N3O2. The Morgan fingerprint density at radius 1 is 1.39 bits per heavy atom. The Hall–Kier alpha value is -2.14. The minimum atomic E-state index is -0.496. The van der Waals surface area contributed by atoms with Gasteiger partial charge in [-0.25, -0.2) is 0 Å². The molecule has 1 atom stereocenters. The molecule has 0 bridgehead atoms. The van der Waals surface area contributed by atoms with Gasteiger partial charge in [0.15, 0.2) is 0 Å². The fourth-order valence-electron chi connectivity index (χ4n) is 1.94. The maximum absolute atomic E-state index is 11.0. The highest BCUT2D eigenvalue weighted by Gasteiger charge is 2.21. The van der Waals surface area contributed by atoms with E-state index in [2.05, 4.69) is 5.16 Å². The molecule has 5 heteroatoms. The van der Waals surface area contributed by atoms with E-state index in [4.69, 9.17) is 16.0 Å². The number of aromatic nitrogens is 1. The number of hydrogen-bond acceptors (Lipinski definition) is 4. The van der Waals surface area contributed by atoms with Gasteiger partial charge >= 0.3 is 0 Å². The summed E-state index contributed by atoms with van der Waals surface area (Å²) in [7, 11) is 0. The number of nitrogens with two attached hydrogens (primary N) is 2. The number of benzene rings is 1. The molecule has 5 nitrogen and oxygen atoms in total. The lowest BCUT2D eigenvalue weighted by atomic mass is 9.98. The number of aryl methyl sites for hydroxylation is 1. The minimum absolute atomic E-state index is 0.0713. The maximum atomic E-state index is 11.0. The van der Waals surface area contributed by atoms with Gasteiger partial charge in [0.25, 0.3) is 0 Å². The predicted octanol–water partition coefficient (Wildman–Crippen LogP) is 1.53. The van der Waals surface area contributed by atoms with Crippen molar-refractivity contribution in [2.45, 2.75) is 19.4 Å². The van der Waals surface area contributed by atoms with E-state index in [-0.39, 0.29) is 6.42 Å². The van der Waals surface area contributed by atoms with Crippen LogP contribution in [0.15, 0.2) is 34.9 Å². The normalized spacial score (nSPS) is 12.3. The number of hydrogen-bond donors (Lipinski definition) is 2. The molecule has 0 fully saturated rings. The molecule has 1 unspecified atom stereocenters. The van der Waals surface area contributed by atoms with Crippen molar-refractivity contribution in [3.63, 3.8) is 0 Å². The molecule has 4 N–H and O–H groups in total. The van der Waals surface area contributed by atoms with Gasteiger partial charge in [0.05, 0.1) is 0 Å². The van der Waals surface area contributed by atoms with Crippen molar-refractivity contribution in [3.8, 4) is 11.3 Å². The largest absolute Gasteiger partial charge is 0.370 e. The molecule has 1 aromatic carbocycles. The van der Waals surface area contributed by atoms with Crippen LogP contribution in [0.5, 0.6) is 0 Å². The van der Waals surface area contributed by atoms with Gasteiger partial charge in [-0.2, -0.15) is 0 Å². The third-order valence-electron chi connectivity index (χ3n) is 2.75. The van der Waals surface area contributed by atoms with E-state index in [1.54, 1.807) is 6.92 Å². The fourth-order valence-corrected chi connectivity index (χ4v) is 1.94. The van der Waals surface area contributed by atoms with Gasteiger partial charge in [-0.15, -0.1) is 0 Å². The Morgan fingerprint density at radius 2 is 2.06 bits per heavy atom. The van der Waals surface area contributed by atoms with Crippen LogP contribution in [0.25, 0.3) is 11.3 Å². The van der Waals surface area contributed by atoms with E-state index < -0.39 is 11.9 Å². The van der Waals surface area contributed by atoms with Gasteiger partial charge in [-0.1, -0.05) is 35.5 Å². The second kappa shape index (κ2) is 5.01. The van der Waals surface area contributed by atoms with Gasteiger partial charge in [0.1, 0.15) is 11.5 Å². The summed E-state index contributed by atoms with van der Waals surface area (Å²) >= 11 is 0. The monoisotopic (exact) mass is 245 g/mol. The molecule has 0 spiro atoms.